The highest BCUT2D eigenvalue weighted by Crippen LogP contribution is 2.40. The van der Waals surface area contributed by atoms with Gasteiger partial charge in [0.2, 0.25) is 0 Å². The maximum Gasteiger partial charge on any atom is 0.266 e. The minimum absolute atomic E-state index is 0.0991. The molecule has 6 rings (SSSR count). The second kappa shape index (κ2) is 13.2. The number of rotatable bonds is 7. The largest absolute Gasteiger partial charge is 0.493 e. The van der Waals surface area contributed by atoms with Gasteiger partial charge in [-0.3, -0.25) is 14.7 Å². The maximum atomic E-state index is 13.8. The smallest absolute Gasteiger partial charge is 0.266 e. The number of thioether (sulfide) groups is 1. The predicted molar refractivity (Wildman–Crippen MR) is 178 cm³/mol. The quantitative estimate of drug-likeness (QED) is 0.185. The molecule has 0 unspecified atom stereocenters. The number of carbonyl (C=O) groups is 1. The molecule has 0 bridgehead atoms. The average molecular weight is 681 g/mol. The predicted octanol–water partition coefficient (Wildman–Crippen LogP) is 8.97. The molecule has 0 atom stereocenters. The zero-order valence-corrected chi connectivity index (χ0v) is 26.6. The minimum atomic E-state index is 0.0991. The second-order valence-corrected chi connectivity index (χ2v) is 13.5. The summed E-state index contributed by atoms with van der Waals surface area (Å²) in [5.41, 5.74) is 2.04. The van der Waals surface area contributed by atoms with Crippen LogP contribution >= 0.6 is 34.4 Å². The number of ether oxygens (including phenoxy) is 2. The topological polar surface area (TPSA) is 51.1 Å². The van der Waals surface area contributed by atoms with Gasteiger partial charge >= 0.3 is 0 Å². The fourth-order valence-electron chi connectivity index (χ4n) is 6.20. The Morgan fingerprint density at radius 2 is 1.68 bits per heavy atom. The molecule has 0 N–H and O–H groups in total. The lowest BCUT2D eigenvalue weighted by Gasteiger charge is -2.31. The summed E-state index contributed by atoms with van der Waals surface area (Å²) < 4.78 is 13.0. The Labute approximate surface area is 260 Å². The number of amides is 1. The van der Waals surface area contributed by atoms with Crippen LogP contribution in [0.3, 0.4) is 0 Å². The number of amidine groups is 1. The summed E-state index contributed by atoms with van der Waals surface area (Å²) in [5.74, 6) is 1.49. The van der Waals surface area contributed by atoms with Crippen molar-refractivity contribution in [3.05, 3.63) is 74.2 Å². The number of methoxy groups -OCH3 is 1. The number of carbonyl (C=O) groups excluding carboxylic acids is 1. The third kappa shape index (κ3) is 6.61. The van der Waals surface area contributed by atoms with E-state index in [0.29, 0.717) is 18.4 Å². The monoisotopic (exact) mass is 680 g/mol. The van der Waals surface area contributed by atoms with Crippen molar-refractivity contribution in [1.29, 1.82) is 0 Å². The van der Waals surface area contributed by atoms with Gasteiger partial charge in [-0.25, -0.2) is 0 Å². The van der Waals surface area contributed by atoms with Gasteiger partial charge in [0.15, 0.2) is 16.7 Å². The average Bonchev–Trinajstić information content (AvgIpc) is 3.30. The number of hydrogen-bond acceptors (Lipinski definition) is 5. The molecule has 1 amide bonds. The molecule has 5 nitrogen and oxygen atoms in total. The van der Waals surface area contributed by atoms with E-state index in [2.05, 4.69) is 71.1 Å². The lowest BCUT2D eigenvalue weighted by Crippen LogP contribution is -2.41. The van der Waals surface area contributed by atoms with Crippen LogP contribution < -0.4 is 9.47 Å². The van der Waals surface area contributed by atoms with Crippen molar-refractivity contribution >= 4 is 62.3 Å². The molecule has 1 saturated heterocycles. The van der Waals surface area contributed by atoms with E-state index in [1.165, 1.54) is 49.3 Å². The molecular formula is C34H37IN2O3S. The van der Waals surface area contributed by atoms with Crippen LogP contribution in [0.2, 0.25) is 0 Å². The van der Waals surface area contributed by atoms with E-state index in [1.807, 2.05) is 17.0 Å². The Kier molecular flexibility index (Phi) is 9.20. The van der Waals surface area contributed by atoms with Gasteiger partial charge in [-0.15, -0.1) is 0 Å². The molecular weight excluding hydrogens is 643 g/mol. The summed E-state index contributed by atoms with van der Waals surface area (Å²) in [6.07, 6.45) is 13.8. The number of hydrogen-bond donors (Lipinski definition) is 0. The molecule has 0 spiro atoms. The van der Waals surface area contributed by atoms with E-state index in [-0.39, 0.29) is 11.9 Å². The van der Waals surface area contributed by atoms with Crippen molar-refractivity contribution in [3.8, 4) is 11.5 Å². The first-order valence-electron chi connectivity index (χ1n) is 14.9. The van der Waals surface area contributed by atoms with Crippen molar-refractivity contribution in [2.45, 2.75) is 82.9 Å². The highest BCUT2D eigenvalue weighted by Gasteiger charge is 2.39. The van der Waals surface area contributed by atoms with Crippen molar-refractivity contribution in [3.63, 3.8) is 0 Å². The van der Waals surface area contributed by atoms with Gasteiger partial charge in [0.25, 0.3) is 5.91 Å². The molecule has 3 fully saturated rings. The van der Waals surface area contributed by atoms with Gasteiger partial charge in [0.05, 0.1) is 21.6 Å². The number of fused-ring (bicyclic) bond motifs is 1. The van der Waals surface area contributed by atoms with E-state index in [9.17, 15) is 4.79 Å². The Bertz CT molecular complexity index is 1470. The van der Waals surface area contributed by atoms with Gasteiger partial charge in [-0.2, -0.15) is 0 Å². The summed E-state index contributed by atoms with van der Waals surface area (Å²) in [6, 6.07) is 19.4. The molecule has 7 heteroatoms. The molecule has 3 aromatic rings. The molecule has 214 valence electrons. The summed E-state index contributed by atoms with van der Waals surface area (Å²) in [5, 5.41) is 3.33. The fourth-order valence-corrected chi connectivity index (χ4v) is 8.09. The van der Waals surface area contributed by atoms with Crippen LogP contribution in [0.25, 0.3) is 16.8 Å². The Morgan fingerprint density at radius 3 is 2.44 bits per heavy atom. The van der Waals surface area contributed by atoms with Gasteiger partial charge in [0, 0.05) is 6.04 Å². The van der Waals surface area contributed by atoms with Crippen LogP contribution in [0.4, 0.5) is 0 Å². The van der Waals surface area contributed by atoms with Crippen LogP contribution in [0.5, 0.6) is 11.5 Å². The highest BCUT2D eigenvalue weighted by atomic mass is 127. The van der Waals surface area contributed by atoms with E-state index in [1.54, 1.807) is 18.9 Å². The summed E-state index contributed by atoms with van der Waals surface area (Å²) in [6.45, 7) is 0.448. The molecule has 3 aliphatic rings. The van der Waals surface area contributed by atoms with E-state index in [0.717, 1.165) is 56.2 Å². The summed E-state index contributed by atoms with van der Waals surface area (Å²) in [7, 11) is 1.67. The molecule has 2 aliphatic carbocycles. The first-order chi connectivity index (χ1) is 20.1. The third-order valence-corrected chi connectivity index (χ3v) is 10.2. The summed E-state index contributed by atoms with van der Waals surface area (Å²) >= 11 is 3.86. The van der Waals surface area contributed by atoms with Crippen molar-refractivity contribution in [2.75, 3.05) is 7.11 Å². The lowest BCUT2D eigenvalue weighted by atomic mass is 9.94. The van der Waals surface area contributed by atoms with Gasteiger partial charge in [-0.05, 0) is 106 Å². The second-order valence-electron chi connectivity index (χ2n) is 11.3. The van der Waals surface area contributed by atoms with Gasteiger partial charge in [-0.1, -0.05) is 74.9 Å². The SMILES string of the molecule is COc1cc(C=C2SC(=NC3CCCCC3)N(C3CCCCC3)C2=O)cc(I)c1OCc1ccc2ccccc2c1. The van der Waals surface area contributed by atoms with Crippen molar-refractivity contribution < 1.29 is 14.3 Å². The van der Waals surface area contributed by atoms with Crippen LogP contribution in [-0.4, -0.2) is 35.2 Å². The Morgan fingerprint density at radius 1 is 0.951 bits per heavy atom. The van der Waals surface area contributed by atoms with E-state index >= 15 is 0 Å². The van der Waals surface area contributed by atoms with Gasteiger partial charge in [0.1, 0.15) is 6.61 Å². The van der Waals surface area contributed by atoms with Crippen molar-refractivity contribution in [2.24, 2.45) is 4.99 Å². The molecule has 3 aromatic carbocycles. The number of aliphatic imine (C=N–C) groups is 1. The fraction of sp³-hybridized carbons (Fsp3) is 0.412. The maximum absolute atomic E-state index is 13.8. The summed E-state index contributed by atoms with van der Waals surface area (Å²) in [4.78, 5) is 21.8. The molecule has 1 aliphatic heterocycles. The zero-order chi connectivity index (χ0) is 28.2. The normalized spacial score (nSPS) is 20.8. The van der Waals surface area contributed by atoms with Crippen LogP contribution in [0.1, 0.15) is 75.3 Å². The number of benzene rings is 3. The zero-order valence-electron chi connectivity index (χ0n) is 23.6. The first-order valence-corrected chi connectivity index (χ1v) is 16.8. The highest BCUT2D eigenvalue weighted by molar-refractivity contribution is 14.1. The van der Waals surface area contributed by atoms with Gasteiger partial charge < -0.3 is 9.47 Å². The van der Waals surface area contributed by atoms with E-state index < -0.39 is 0 Å². The molecule has 41 heavy (non-hydrogen) atoms. The van der Waals surface area contributed by atoms with Crippen LogP contribution in [-0.2, 0) is 11.4 Å². The lowest BCUT2D eigenvalue weighted by molar-refractivity contribution is -0.124. The molecule has 0 radical (unpaired) electrons. The standard InChI is InChI=1S/C34H37IN2O3S/c1-39-30-20-24(19-29(35)32(30)40-22-23-16-17-25-10-8-9-11-26(25)18-23)21-31-33(38)37(28-14-6-3-7-15-28)34(41-31)36-27-12-4-2-5-13-27/h8-11,16-21,27-28H,2-7,12-15,22H2,1H3. The van der Waals surface area contributed by atoms with E-state index in [4.69, 9.17) is 14.5 Å². The Balaban J connectivity index is 1.24. The molecule has 1 heterocycles. The minimum Gasteiger partial charge on any atom is -0.493 e. The number of halogens is 1. The third-order valence-electron chi connectivity index (χ3n) is 8.39. The first kappa shape index (κ1) is 28.6. The molecule has 0 aromatic heterocycles. The van der Waals surface area contributed by atoms with Crippen LogP contribution in [0, 0.1) is 3.57 Å². The number of nitrogens with zero attached hydrogens (tertiary/aromatic N) is 2. The Hall–Kier alpha value is -2.52. The molecule has 2 saturated carbocycles. The van der Waals surface area contributed by atoms with Crippen LogP contribution in [0.15, 0.2) is 64.5 Å². The van der Waals surface area contributed by atoms with Crippen molar-refractivity contribution in [1.82, 2.24) is 4.90 Å².